The van der Waals surface area contributed by atoms with Gasteiger partial charge in [-0.2, -0.15) is 39.5 Å². The van der Waals surface area contributed by atoms with Crippen LogP contribution in [-0.4, -0.2) is 66.7 Å². The fourth-order valence-electron chi connectivity index (χ4n) is 6.95. The van der Waals surface area contributed by atoms with E-state index >= 15 is 0 Å². The Hall–Kier alpha value is -4.77. The average molecular weight is 862 g/mol. The molecule has 60 heavy (non-hydrogen) atoms. The molecule has 3 atom stereocenters. The molecule has 6 rings (SSSR count). The highest BCUT2D eigenvalue weighted by atomic mass is 19.4. The van der Waals surface area contributed by atoms with Gasteiger partial charge in [-0.3, -0.25) is 29.3 Å². The van der Waals surface area contributed by atoms with Crippen LogP contribution in [0.25, 0.3) is 0 Å². The first-order valence-electron chi connectivity index (χ1n) is 19.2. The molecule has 3 aliphatic rings. The molecular formula is C42H48F9N3O6. The number of hydrogen-bond acceptors (Lipinski definition) is 6. The Labute approximate surface area is 340 Å². The summed E-state index contributed by atoms with van der Waals surface area (Å²) in [5.74, 6) is -4.00. The summed E-state index contributed by atoms with van der Waals surface area (Å²) in [4.78, 5) is 45.3. The number of pyridine rings is 3. The van der Waals surface area contributed by atoms with Crippen LogP contribution in [0.15, 0.2) is 36.4 Å². The Morgan fingerprint density at radius 2 is 0.667 bits per heavy atom. The van der Waals surface area contributed by atoms with Gasteiger partial charge in [-0.05, 0) is 134 Å². The number of fused-ring (bicyclic) bond motifs is 3. The maximum atomic E-state index is 13.0. The van der Waals surface area contributed by atoms with Gasteiger partial charge in [-0.15, -0.1) is 0 Å². The third kappa shape index (κ3) is 10.4. The fourth-order valence-corrected chi connectivity index (χ4v) is 6.95. The Balaban J connectivity index is 0.000000198. The topological polar surface area (TPSA) is 151 Å². The Morgan fingerprint density at radius 3 is 0.850 bits per heavy atom. The van der Waals surface area contributed by atoms with Crippen molar-refractivity contribution in [1.82, 2.24) is 15.0 Å². The summed E-state index contributed by atoms with van der Waals surface area (Å²) in [5, 5.41) is 27.0. The number of halogens is 9. The quantitative estimate of drug-likeness (QED) is 0.206. The summed E-state index contributed by atoms with van der Waals surface area (Å²) < 4.78 is 117. The summed E-state index contributed by atoms with van der Waals surface area (Å²) >= 11 is 0. The van der Waals surface area contributed by atoms with Gasteiger partial charge in [0.15, 0.2) is 0 Å². The highest BCUT2D eigenvalue weighted by molar-refractivity contribution is 5.72. The monoisotopic (exact) mass is 861 g/mol. The van der Waals surface area contributed by atoms with Crippen molar-refractivity contribution in [3.8, 4) is 0 Å². The number of carboxylic acids is 3. The van der Waals surface area contributed by atoms with Crippen LogP contribution in [0.1, 0.15) is 112 Å². The second-order valence-electron chi connectivity index (χ2n) is 17.1. The lowest BCUT2D eigenvalue weighted by Crippen LogP contribution is -2.37. The average Bonchev–Trinajstić information content (AvgIpc) is 3.15. The van der Waals surface area contributed by atoms with Gasteiger partial charge < -0.3 is 15.3 Å². The first-order valence-corrected chi connectivity index (χ1v) is 19.2. The van der Waals surface area contributed by atoms with Gasteiger partial charge >= 0.3 is 36.4 Å². The van der Waals surface area contributed by atoms with Crippen molar-refractivity contribution in [1.29, 1.82) is 0 Å². The first kappa shape index (κ1) is 47.9. The summed E-state index contributed by atoms with van der Waals surface area (Å²) in [6, 6.07) is 8.82. The molecule has 0 spiro atoms. The smallest absolute Gasteiger partial charge is 0.399 e. The molecule has 3 N–H and O–H groups in total. The summed E-state index contributed by atoms with van der Waals surface area (Å²) in [6.45, 7) is 6.61. The van der Waals surface area contributed by atoms with E-state index in [1.54, 1.807) is 18.2 Å². The van der Waals surface area contributed by atoms with E-state index in [1.165, 1.54) is 18.2 Å². The van der Waals surface area contributed by atoms with Crippen LogP contribution >= 0.6 is 0 Å². The van der Waals surface area contributed by atoms with Crippen molar-refractivity contribution in [3.05, 3.63) is 87.3 Å². The van der Waals surface area contributed by atoms with Crippen molar-refractivity contribution < 1.29 is 69.2 Å². The van der Waals surface area contributed by atoms with Gasteiger partial charge in [0.05, 0.1) is 34.8 Å². The Morgan fingerprint density at radius 1 is 0.450 bits per heavy atom. The Bertz CT molecular complexity index is 1840. The molecule has 0 saturated carbocycles. The number of alkyl halides is 9. The van der Waals surface area contributed by atoms with Crippen LogP contribution in [0.2, 0.25) is 0 Å². The second-order valence-corrected chi connectivity index (χ2v) is 17.1. The van der Waals surface area contributed by atoms with E-state index in [0.29, 0.717) is 74.9 Å². The Kier molecular flexibility index (Phi) is 13.8. The van der Waals surface area contributed by atoms with Crippen LogP contribution in [0, 0.1) is 17.8 Å². The van der Waals surface area contributed by atoms with Crippen molar-refractivity contribution in [2.45, 2.75) is 134 Å². The van der Waals surface area contributed by atoms with Crippen molar-refractivity contribution in [3.63, 3.8) is 0 Å². The number of rotatable bonds is 6. The maximum absolute atomic E-state index is 13.0. The predicted octanol–water partition coefficient (Wildman–Crippen LogP) is 9.33. The molecule has 0 radical (unpaired) electrons. The molecule has 0 bridgehead atoms. The van der Waals surface area contributed by atoms with Gasteiger partial charge in [-0.1, -0.05) is 18.2 Å². The van der Waals surface area contributed by atoms with Crippen LogP contribution < -0.4 is 0 Å². The molecule has 3 aromatic heterocycles. The molecule has 0 saturated heterocycles. The lowest BCUT2D eigenvalue weighted by molar-refractivity contribution is -0.181. The zero-order valence-electron chi connectivity index (χ0n) is 33.9. The zero-order chi connectivity index (χ0) is 45.4. The highest BCUT2D eigenvalue weighted by Crippen LogP contribution is 2.43. The largest absolute Gasteiger partial charge is 0.481 e. The number of nitrogens with zero attached hydrogens (tertiary/aromatic N) is 3. The number of carboxylic acid groups (broad SMARTS) is 3. The van der Waals surface area contributed by atoms with E-state index in [1.807, 2.05) is 0 Å². The number of aryl methyl sites for hydroxylation is 3. The zero-order valence-corrected chi connectivity index (χ0v) is 33.9. The molecule has 0 fully saturated rings. The number of aliphatic carboxylic acids is 3. The van der Waals surface area contributed by atoms with Gasteiger partial charge in [0.2, 0.25) is 0 Å². The molecular weight excluding hydrogens is 813 g/mol. The number of hydrogen-bond donors (Lipinski definition) is 3. The molecule has 3 heterocycles. The van der Waals surface area contributed by atoms with Crippen LogP contribution in [-0.2, 0) is 69.2 Å². The second kappa shape index (κ2) is 17.3. The molecule has 18 heteroatoms. The van der Waals surface area contributed by atoms with Crippen molar-refractivity contribution in [2.24, 2.45) is 17.8 Å². The van der Waals surface area contributed by atoms with Crippen LogP contribution in [0.3, 0.4) is 0 Å². The minimum Gasteiger partial charge on any atom is -0.481 e. The highest BCUT2D eigenvalue weighted by Gasteiger charge is 2.51. The van der Waals surface area contributed by atoms with E-state index < -0.39 is 70.4 Å². The summed E-state index contributed by atoms with van der Waals surface area (Å²) in [7, 11) is 0. The lowest BCUT2D eigenvalue weighted by atomic mass is 9.83. The summed E-state index contributed by atoms with van der Waals surface area (Å²) in [6.07, 6.45) is -9.59. The molecule has 1 unspecified atom stereocenters. The van der Waals surface area contributed by atoms with Crippen molar-refractivity contribution >= 4 is 17.9 Å². The van der Waals surface area contributed by atoms with E-state index in [-0.39, 0.29) is 17.1 Å². The van der Waals surface area contributed by atoms with Gasteiger partial charge in [0.25, 0.3) is 0 Å². The molecule has 330 valence electrons. The fraction of sp³-hybridized carbons (Fsp3) is 0.571. The normalized spacial score (nSPS) is 19.6. The molecule has 0 amide bonds. The predicted molar refractivity (Wildman–Crippen MR) is 199 cm³/mol. The van der Waals surface area contributed by atoms with E-state index in [0.717, 1.165) is 58.2 Å². The third-order valence-electron chi connectivity index (χ3n) is 11.9. The molecule has 3 aliphatic carbocycles. The van der Waals surface area contributed by atoms with Gasteiger partial charge in [-0.25, -0.2) is 0 Å². The SMILES string of the molecule is CC(C)(c1ccc2c(n1)CCC(C(=O)O)C2)C(F)(F)F.CC(C)(c1ccc2c(n1)CC[C@@H](C(=O)O)C2)C(F)(F)F.CC(C)(c1ccc2c(n1)CC[C@H](C(=O)O)C2)C(F)(F)F. The standard InChI is InChI=1S/3C14H16F3NO2/c3*1-13(2,14(15,16)17)11-6-4-8-7-9(12(19)20)3-5-10(8)18-11/h3*4,6,9H,3,5,7H2,1-2H3,(H,19,20)/t2*9-;/m10./s1. The minimum atomic E-state index is -4.37. The minimum absolute atomic E-state index is 0.0162. The van der Waals surface area contributed by atoms with E-state index in [4.69, 9.17) is 15.3 Å². The first-order chi connectivity index (χ1) is 27.4. The third-order valence-corrected chi connectivity index (χ3v) is 11.9. The van der Waals surface area contributed by atoms with Crippen LogP contribution in [0.4, 0.5) is 39.5 Å². The van der Waals surface area contributed by atoms with Gasteiger partial charge in [0.1, 0.15) is 16.2 Å². The molecule has 0 aromatic carbocycles. The molecule has 9 nitrogen and oxygen atoms in total. The number of carbonyl (C=O) groups is 3. The van der Waals surface area contributed by atoms with E-state index in [2.05, 4.69) is 15.0 Å². The van der Waals surface area contributed by atoms with E-state index in [9.17, 15) is 53.9 Å². The van der Waals surface area contributed by atoms with Crippen LogP contribution in [0.5, 0.6) is 0 Å². The summed E-state index contributed by atoms with van der Waals surface area (Å²) in [5.41, 5.74) is -2.07. The van der Waals surface area contributed by atoms with Gasteiger partial charge in [0, 0.05) is 17.1 Å². The number of aromatic nitrogens is 3. The van der Waals surface area contributed by atoms with Crippen molar-refractivity contribution in [2.75, 3.05) is 0 Å². The lowest BCUT2D eigenvalue weighted by Gasteiger charge is -2.29. The molecule has 3 aromatic rings. The molecule has 0 aliphatic heterocycles. The maximum Gasteiger partial charge on any atom is 0.399 e.